The zero-order valence-electron chi connectivity index (χ0n) is 12.7. The molecule has 0 saturated heterocycles. The number of carbonyl (C=O) groups excluding carboxylic acids is 1. The summed E-state index contributed by atoms with van der Waals surface area (Å²) in [5.74, 6) is 0.635. The first kappa shape index (κ1) is 17.1. The Kier molecular flexibility index (Phi) is 5.87. The van der Waals surface area contributed by atoms with Gasteiger partial charge in [0.1, 0.15) is 5.75 Å². The molecule has 2 aromatic carbocycles. The van der Waals surface area contributed by atoms with Gasteiger partial charge >= 0.3 is 0 Å². The smallest absolute Gasteiger partial charge is 0.210 e. The standard InChI is InChI=1S/C17H18BrNO4/c1-23-17-9-15(18)13(8-16(17)22)10-19(11-20)7-6-12-2-4-14(21)5-3-12/h2-5,8-9,11,21-22H,6-7,10H2,1H3. The first-order valence-electron chi connectivity index (χ1n) is 7.06. The van der Waals surface area contributed by atoms with Gasteiger partial charge in [0.05, 0.1) is 7.11 Å². The van der Waals surface area contributed by atoms with Crippen molar-refractivity contribution in [2.75, 3.05) is 13.7 Å². The fourth-order valence-electron chi connectivity index (χ4n) is 2.19. The van der Waals surface area contributed by atoms with Gasteiger partial charge in [0.2, 0.25) is 6.41 Å². The van der Waals surface area contributed by atoms with Crippen LogP contribution in [0.1, 0.15) is 11.1 Å². The highest BCUT2D eigenvalue weighted by molar-refractivity contribution is 9.10. The molecule has 122 valence electrons. The lowest BCUT2D eigenvalue weighted by atomic mass is 10.1. The summed E-state index contributed by atoms with van der Waals surface area (Å²) in [6.45, 7) is 0.910. The minimum atomic E-state index is 0.0371. The van der Waals surface area contributed by atoms with Crippen molar-refractivity contribution in [1.82, 2.24) is 4.90 Å². The molecule has 0 aromatic heterocycles. The van der Waals surface area contributed by atoms with Gasteiger partial charge in [0, 0.05) is 17.6 Å². The van der Waals surface area contributed by atoms with E-state index in [0.29, 0.717) is 25.3 Å². The Morgan fingerprint density at radius 2 is 1.91 bits per heavy atom. The van der Waals surface area contributed by atoms with E-state index < -0.39 is 0 Å². The van der Waals surface area contributed by atoms with E-state index in [9.17, 15) is 15.0 Å². The first-order chi connectivity index (χ1) is 11.0. The number of halogens is 1. The predicted molar refractivity (Wildman–Crippen MR) is 90.6 cm³/mol. The first-order valence-corrected chi connectivity index (χ1v) is 7.85. The van der Waals surface area contributed by atoms with Crippen LogP contribution in [0, 0.1) is 0 Å². The molecule has 2 rings (SSSR count). The number of aromatic hydroxyl groups is 2. The SMILES string of the molecule is COc1cc(Br)c(CN(C=O)CCc2ccc(O)cc2)cc1O. The van der Waals surface area contributed by atoms with E-state index in [1.807, 2.05) is 12.1 Å². The number of nitrogens with zero attached hydrogens (tertiary/aromatic N) is 1. The molecule has 0 fully saturated rings. The zero-order valence-corrected chi connectivity index (χ0v) is 14.3. The fraction of sp³-hybridized carbons (Fsp3) is 0.235. The zero-order chi connectivity index (χ0) is 16.8. The van der Waals surface area contributed by atoms with E-state index in [4.69, 9.17) is 4.74 Å². The van der Waals surface area contributed by atoms with E-state index in [2.05, 4.69) is 15.9 Å². The van der Waals surface area contributed by atoms with E-state index >= 15 is 0 Å². The number of carbonyl (C=O) groups is 1. The highest BCUT2D eigenvalue weighted by Gasteiger charge is 2.11. The maximum absolute atomic E-state index is 11.3. The van der Waals surface area contributed by atoms with E-state index in [1.165, 1.54) is 7.11 Å². The molecule has 0 radical (unpaired) electrons. The van der Waals surface area contributed by atoms with Crippen LogP contribution in [0.2, 0.25) is 0 Å². The molecule has 0 aliphatic rings. The summed E-state index contributed by atoms with van der Waals surface area (Å²) in [5, 5.41) is 19.1. The summed E-state index contributed by atoms with van der Waals surface area (Å²) in [5.41, 5.74) is 1.83. The molecular weight excluding hydrogens is 362 g/mol. The number of hydrogen-bond donors (Lipinski definition) is 2. The lowest BCUT2D eigenvalue weighted by Crippen LogP contribution is -2.24. The van der Waals surface area contributed by atoms with Crippen molar-refractivity contribution in [3.63, 3.8) is 0 Å². The molecule has 1 amide bonds. The summed E-state index contributed by atoms with van der Waals surface area (Å²) >= 11 is 3.42. The van der Waals surface area contributed by atoms with Crippen LogP contribution in [0.25, 0.3) is 0 Å². The molecule has 2 aromatic rings. The van der Waals surface area contributed by atoms with Crippen LogP contribution in [0.5, 0.6) is 17.2 Å². The van der Waals surface area contributed by atoms with Gasteiger partial charge in [0.25, 0.3) is 0 Å². The molecular formula is C17H18BrNO4. The lowest BCUT2D eigenvalue weighted by molar-refractivity contribution is -0.118. The van der Waals surface area contributed by atoms with Gasteiger partial charge < -0.3 is 19.8 Å². The Bertz CT molecular complexity index is 673. The highest BCUT2D eigenvalue weighted by atomic mass is 79.9. The van der Waals surface area contributed by atoms with Crippen LogP contribution in [-0.2, 0) is 17.8 Å². The molecule has 2 N–H and O–H groups in total. The maximum atomic E-state index is 11.3. The second-order valence-corrected chi connectivity index (χ2v) is 5.96. The van der Waals surface area contributed by atoms with Crippen LogP contribution in [-0.4, -0.2) is 35.2 Å². The number of methoxy groups -OCH3 is 1. The Morgan fingerprint density at radius 3 is 2.52 bits per heavy atom. The number of ether oxygens (including phenoxy) is 1. The van der Waals surface area contributed by atoms with Crippen molar-refractivity contribution < 1.29 is 19.7 Å². The quantitative estimate of drug-likeness (QED) is 0.725. The van der Waals surface area contributed by atoms with E-state index in [0.717, 1.165) is 22.0 Å². The average Bonchev–Trinajstić information content (AvgIpc) is 2.55. The van der Waals surface area contributed by atoms with Crippen LogP contribution >= 0.6 is 15.9 Å². The van der Waals surface area contributed by atoms with Crippen molar-refractivity contribution in [2.45, 2.75) is 13.0 Å². The van der Waals surface area contributed by atoms with E-state index in [1.54, 1.807) is 29.2 Å². The summed E-state index contributed by atoms with van der Waals surface area (Å²) < 4.78 is 5.81. The predicted octanol–water partition coefficient (Wildman–Crippen LogP) is 3.07. The van der Waals surface area contributed by atoms with Gasteiger partial charge in [0.15, 0.2) is 11.5 Å². The number of phenolic OH excluding ortho intramolecular Hbond substituents is 2. The Balaban J connectivity index is 2.03. The van der Waals surface area contributed by atoms with Crippen LogP contribution in [0.15, 0.2) is 40.9 Å². The van der Waals surface area contributed by atoms with Crippen LogP contribution < -0.4 is 4.74 Å². The molecule has 23 heavy (non-hydrogen) atoms. The molecule has 0 unspecified atom stereocenters. The molecule has 5 nitrogen and oxygen atoms in total. The molecule has 0 heterocycles. The van der Waals surface area contributed by atoms with Crippen molar-refractivity contribution in [1.29, 1.82) is 0 Å². The average molecular weight is 380 g/mol. The second-order valence-electron chi connectivity index (χ2n) is 5.11. The molecule has 0 spiro atoms. The molecule has 0 aliphatic heterocycles. The molecule has 0 bridgehead atoms. The Hall–Kier alpha value is -2.21. The normalized spacial score (nSPS) is 10.3. The Labute approximate surface area is 143 Å². The molecule has 0 aliphatic carbocycles. The molecule has 6 heteroatoms. The highest BCUT2D eigenvalue weighted by Crippen LogP contribution is 2.32. The van der Waals surface area contributed by atoms with Crippen molar-refractivity contribution in [3.05, 3.63) is 52.0 Å². The van der Waals surface area contributed by atoms with Gasteiger partial charge in [-0.25, -0.2) is 0 Å². The third kappa shape index (κ3) is 4.63. The van der Waals surface area contributed by atoms with Gasteiger partial charge in [-0.3, -0.25) is 4.79 Å². The van der Waals surface area contributed by atoms with Crippen molar-refractivity contribution in [3.8, 4) is 17.2 Å². The van der Waals surface area contributed by atoms with Gasteiger partial charge in [-0.1, -0.05) is 28.1 Å². The number of phenols is 2. The summed E-state index contributed by atoms with van der Waals surface area (Å²) in [7, 11) is 1.48. The van der Waals surface area contributed by atoms with Crippen molar-refractivity contribution in [2.24, 2.45) is 0 Å². The number of hydrogen-bond acceptors (Lipinski definition) is 4. The van der Waals surface area contributed by atoms with Crippen LogP contribution in [0.3, 0.4) is 0 Å². The number of amides is 1. The monoisotopic (exact) mass is 379 g/mol. The number of benzene rings is 2. The largest absolute Gasteiger partial charge is 0.508 e. The maximum Gasteiger partial charge on any atom is 0.210 e. The summed E-state index contributed by atoms with van der Waals surface area (Å²) in [6, 6.07) is 10.2. The van der Waals surface area contributed by atoms with Crippen molar-refractivity contribution >= 4 is 22.3 Å². The third-order valence-electron chi connectivity index (χ3n) is 3.49. The summed E-state index contributed by atoms with van der Waals surface area (Å²) in [6.07, 6.45) is 1.47. The number of rotatable bonds is 7. The fourth-order valence-corrected chi connectivity index (χ4v) is 2.64. The minimum Gasteiger partial charge on any atom is -0.508 e. The van der Waals surface area contributed by atoms with Gasteiger partial charge in [-0.15, -0.1) is 0 Å². The molecule has 0 atom stereocenters. The van der Waals surface area contributed by atoms with Gasteiger partial charge in [-0.2, -0.15) is 0 Å². The lowest BCUT2D eigenvalue weighted by Gasteiger charge is -2.19. The van der Waals surface area contributed by atoms with Gasteiger partial charge in [-0.05, 0) is 41.8 Å². The minimum absolute atomic E-state index is 0.0371. The third-order valence-corrected chi connectivity index (χ3v) is 4.23. The Morgan fingerprint density at radius 1 is 1.22 bits per heavy atom. The summed E-state index contributed by atoms with van der Waals surface area (Å²) in [4.78, 5) is 12.9. The van der Waals surface area contributed by atoms with Crippen LogP contribution in [0.4, 0.5) is 0 Å². The van der Waals surface area contributed by atoms with E-state index in [-0.39, 0.29) is 11.5 Å². The topological polar surface area (TPSA) is 70.0 Å². The second kappa shape index (κ2) is 7.87. The molecule has 0 saturated carbocycles.